The number of nitrogens with one attached hydrogen (secondary N) is 2. The van der Waals surface area contributed by atoms with Crippen molar-refractivity contribution in [1.29, 1.82) is 0 Å². The number of aromatic nitrogens is 4. The van der Waals surface area contributed by atoms with Gasteiger partial charge in [-0.3, -0.25) is 0 Å². The summed E-state index contributed by atoms with van der Waals surface area (Å²) in [6.45, 7) is 0. The highest BCUT2D eigenvalue weighted by Gasteiger charge is 2.02. The number of halogens is 2. The maximum atomic E-state index is 4.63. The summed E-state index contributed by atoms with van der Waals surface area (Å²) < 4.78 is 0. The summed E-state index contributed by atoms with van der Waals surface area (Å²) in [7, 11) is 0. The SMILES string of the molecule is [Cl-].[Cl-].c1ccc(-c2ccc3c[nH+]ccc3n2)cc1.c1ccc(-c2ccc3c[nH+]ccc3n2)cc1. The lowest BCUT2D eigenvalue weighted by atomic mass is 10.1. The Morgan fingerprint density at radius 2 is 0.853 bits per heavy atom. The maximum Gasteiger partial charge on any atom is 0.176 e. The smallest absolute Gasteiger partial charge is 0.176 e. The van der Waals surface area contributed by atoms with E-state index >= 15 is 0 Å². The molecule has 0 aliphatic heterocycles. The first-order valence-electron chi connectivity index (χ1n) is 10.5. The van der Waals surface area contributed by atoms with Crippen molar-refractivity contribution >= 4 is 21.8 Å². The second-order valence-electron chi connectivity index (χ2n) is 7.36. The minimum absolute atomic E-state index is 0. The van der Waals surface area contributed by atoms with Crippen molar-refractivity contribution in [2.45, 2.75) is 0 Å². The molecule has 6 rings (SSSR count). The highest BCUT2D eigenvalue weighted by atomic mass is 35.5. The lowest BCUT2D eigenvalue weighted by molar-refractivity contribution is -0.376. The van der Waals surface area contributed by atoms with Crippen molar-refractivity contribution in [3.63, 3.8) is 0 Å². The van der Waals surface area contributed by atoms with E-state index in [9.17, 15) is 0 Å². The van der Waals surface area contributed by atoms with Crippen LogP contribution in [0.5, 0.6) is 0 Å². The Balaban J connectivity index is 0.000000180. The third-order valence-electron chi connectivity index (χ3n) is 5.21. The Hall–Kier alpha value is -3.86. The largest absolute Gasteiger partial charge is 1.00 e. The average Bonchev–Trinajstić information content (AvgIpc) is 2.89. The summed E-state index contributed by atoms with van der Waals surface area (Å²) >= 11 is 0. The minimum Gasteiger partial charge on any atom is -1.00 e. The van der Waals surface area contributed by atoms with E-state index in [0.717, 1.165) is 44.3 Å². The molecule has 0 bridgehead atoms. The predicted molar refractivity (Wildman–Crippen MR) is 127 cm³/mol. The van der Waals surface area contributed by atoms with Gasteiger partial charge in [-0.05, 0) is 24.3 Å². The highest BCUT2D eigenvalue weighted by Crippen LogP contribution is 2.20. The normalized spacial score (nSPS) is 9.88. The van der Waals surface area contributed by atoms with Crippen LogP contribution in [0.1, 0.15) is 0 Å². The van der Waals surface area contributed by atoms with Gasteiger partial charge in [0, 0.05) is 23.3 Å². The maximum absolute atomic E-state index is 4.63. The number of pyridine rings is 4. The molecule has 4 nitrogen and oxygen atoms in total. The average molecular weight is 485 g/mol. The topological polar surface area (TPSA) is 54.1 Å². The van der Waals surface area contributed by atoms with Crippen molar-refractivity contribution in [3.05, 3.63) is 122 Å². The Kier molecular flexibility index (Phi) is 8.63. The van der Waals surface area contributed by atoms with Crippen molar-refractivity contribution in [2.75, 3.05) is 0 Å². The quantitative estimate of drug-likeness (QED) is 0.330. The van der Waals surface area contributed by atoms with Crippen molar-refractivity contribution in [1.82, 2.24) is 9.97 Å². The number of H-pyrrole nitrogens is 2. The molecule has 0 spiro atoms. The molecule has 0 aliphatic rings. The van der Waals surface area contributed by atoms with E-state index in [2.05, 4.69) is 56.3 Å². The predicted octanol–water partition coefficient (Wildman–Crippen LogP) is -0.560. The lowest BCUT2D eigenvalue weighted by Gasteiger charge is -2.01. The molecule has 0 unspecified atom stereocenters. The van der Waals surface area contributed by atoms with Crippen LogP contribution < -0.4 is 34.8 Å². The van der Waals surface area contributed by atoms with Crippen LogP contribution in [0.4, 0.5) is 0 Å². The molecule has 168 valence electrons. The molecular formula is C28H22Cl2N4. The van der Waals surface area contributed by atoms with Gasteiger partial charge < -0.3 is 24.8 Å². The number of hydrogen-bond donors (Lipinski definition) is 0. The van der Waals surface area contributed by atoms with Gasteiger partial charge in [0.15, 0.2) is 24.8 Å². The van der Waals surface area contributed by atoms with Gasteiger partial charge in [0.25, 0.3) is 0 Å². The second-order valence-corrected chi connectivity index (χ2v) is 7.36. The van der Waals surface area contributed by atoms with Gasteiger partial charge >= 0.3 is 0 Å². The summed E-state index contributed by atoms with van der Waals surface area (Å²) in [6, 6.07) is 32.7. The molecule has 6 aromatic rings. The van der Waals surface area contributed by atoms with Crippen LogP contribution in [-0.2, 0) is 0 Å². The number of hydrogen-bond acceptors (Lipinski definition) is 2. The van der Waals surface area contributed by atoms with Gasteiger partial charge in [0.05, 0.1) is 33.2 Å². The zero-order valence-corrected chi connectivity index (χ0v) is 19.7. The van der Waals surface area contributed by atoms with E-state index in [1.54, 1.807) is 0 Å². The highest BCUT2D eigenvalue weighted by molar-refractivity contribution is 5.80. The number of aromatic amines is 2. The molecule has 0 radical (unpaired) electrons. The van der Waals surface area contributed by atoms with Gasteiger partial charge in [0.2, 0.25) is 0 Å². The van der Waals surface area contributed by atoms with E-state index in [-0.39, 0.29) is 24.8 Å². The van der Waals surface area contributed by atoms with Gasteiger partial charge in [-0.1, -0.05) is 60.7 Å². The Labute approximate surface area is 210 Å². The van der Waals surface area contributed by atoms with Crippen LogP contribution in [0.3, 0.4) is 0 Å². The van der Waals surface area contributed by atoms with E-state index in [4.69, 9.17) is 0 Å². The lowest BCUT2D eigenvalue weighted by Crippen LogP contribution is -3.00. The molecule has 2 aromatic carbocycles. The van der Waals surface area contributed by atoms with Crippen LogP contribution in [0, 0.1) is 0 Å². The monoisotopic (exact) mass is 484 g/mol. The molecule has 4 heterocycles. The third-order valence-corrected chi connectivity index (χ3v) is 5.21. The molecule has 0 saturated carbocycles. The number of nitrogens with zero attached hydrogens (tertiary/aromatic N) is 2. The summed E-state index contributed by atoms with van der Waals surface area (Å²) in [5, 5.41) is 2.25. The first-order chi connectivity index (χ1) is 15.9. The van der Waals surface area contributed by atoms with Crippen LogP contribution in [0.2, 0.25) is 0 Å². The van der Waals surface area contributed by atoms with Crippen LogP contribution in [0.15, 0.2) is 122 Å². The Bertz CT molecular complexity index is 1360. The molecule has 34 heavy (non-hydrogen) atoms. The second kappa shape index (κ2) is 11.8. The fourth-order valence-electron chi connectivity index (χ4n) is 3.55. The first kappa shape index (κ1) is 24.8. The summed E-state index contributed by atoms with van der Waals surface area (Å²) in [6.07, 6.45) is 7.70. The van der Waals surface area contributed by atoms with E-state index in [1.165, 1.54) is 0 Å². The minimum atomic E-state index is 0. The summed E-state index contributed by atoms with van der Waals surface area (Å²) in [5.74, 6) is 0. The molecule has 0 fully saturated rings. The first-order valence-corrected chi connectivity index (χ1v) is 10.5. The molecule has 0 saturated heterocycles. The summed E-state index contributed by atoms with van der Waals surface area (Å²) in [4.78, 5) is 15.4. The van der Waals surface area contributed by atoms with Crippen LogP contribution >= 0.6 is 0 Å². The molecule has 0 aliphatic carbocycles. The molecular weight excluding hydrogens is 463 g/mol. The van der Waals surface area contributed by atoms with E-state index in [1.807, 2.05) is 85.5 Å². The van der Waals surface area contributed by atoms with Gasteiger partial charge in [-0.15, -0.1) is 0 Å². The molecule has 0 amide bonds. The third kappa shape index (κ3) is 5.73. The fraction of sp³-hybridized carbons (Fsp3) is 0. The standard InChI is InChI=1S/2C14H10N2.2ClH/c2*1-2-4-11(5-3-1)13-7-6-12-10-15-9-8-14(12)16-13;;/h2*1-10H;2*1H. The van der Waals surface area contributed by atoms with Crippen LogP contribution in [0.25, 0.3) is 44.3 Å². The van der Waals surface area contributed by atoms with Crippen LogP contribution in [-0.4, -0.2) is 9.97 Å². The van der Waals surface area contributed by atoms with Crippen molar-refractivity contribution in [3.8, 4) is 22.5 Å². The summed E-state index contributed by atoms with van der Waals surface area (Å²) in [5.41, 5.74) is 6.35. The van der Waals surface area contributed by atoms with Crippen molar-refractivity contribution in [2.24, 2.45) is 0 Å². The van der Waals surface area contributed by atoms with Gasteiger partial charge in [0.1, 0.15) is 0 Å². The zero-order valence-electron chi connectivity index (χ0n) is 18.2. The zero-order chi connectivity index (χ0) is 21.6. The fourth-order valence-corrected chi connectivity index (χ4v) is 3.55. The number of benzene rings is 2. The number of fused-ring (bicyclic) bond motifs is 2. The molecule has 6 heteroatoms. The van der Waals surface area contributed by atoms with Gasteiger partial charge in [-0.25, -0.2) is 19.9 Å². The molecule has 0 atom stereocenters. The Morgan fingerprint density at radius 3 is 1.26 bits per heavy atom. The van der Waals surface area contributed by atoms with E-state index in [0.29, 0.717) is 0 Å². The van der Waals surface area contributed by atoms with Crippen molar-refractivity contribution < 1.29 is 34.8 Å². The number of rotatable bonds is 2. The molecule has 4 aromatic heterocycles. The van der Waals surface area contributed by atoms with Gasteiger partial charge in [-0.2, -0.15) is 0 Å². The Morgan fingerprint density at radius 1 is 0.441 bits per heavy atom. The van der Waals surface area contributed by atoms with E-state index < -0.39 is 0 Å². The molecule has 2 N–H and O–H groups in total.